The van der Waals surface area contributed by atoms with Crippen molar-refractivity contribution in [1.82, 2.24) is 5.32 Å². The molecule has 0 unspecified atom stereocenters. The third-order valence-corrected chi connectivity index (χ3v) is 3.34. The monoisotopic (exact) mass is 290 g/mol. The summed E-state index contributed by atoms with van der Waals surface area (Å²) in [6, 6.07) is 11.5. The topological polar surface area (TPSA) is 15.3 Å². The summed E-state index contributed by atoms with van der Waals surface area (Å²) >= 11 is 0. The average molecular weight is 290 g/mol. The van der Waals surface area contributed by atoms with Crippen molar-refractivity contribution in [3.63, 3.8) is 0 Å². The first kappa shape index (κ1) is 15.4. The minimum atomic E-state index is -0.264. The maximum Gasteiger partial charge on any atom is 0.146 e. The van der Waals surface area contributed by atoms with E-state index in [-0.39, 0.29) is 11.6 Å². The van der Waals surface area contributed by atoms with Crippen LogP contribution in [0.5, 0.6) is 0 Å². The summed E-state index contributed by atoms with van der Waals surface area (Å²) in [5, 5.41) is 3.17. The van der Waals surface area contributed by atoms with Gasteiger partial charge in [-0.3, -0.25) is 0 Å². The Kier molecular flexibility index (Phi) is 5.28. The highest BCUT2D eigenvalue weighted by Gasteiger charge is 2.09. The fourth-order valence-electron chi connectivity index (χ4n) is 2.19. The molecule has 0 aliphatic rings. The second-order valence-electron chi connectivity index (χ2n) is 5.05. The fraction of sp³-hybridized carbons (Fsp3) is 0.294. The van der Waals surface area contributed by atoms with Gasteiger partial charge in [0.25, 0.3) is 0 Å². The van der Waals surface area contributed by atoms with Gasteiger partial charge < -0.3 is 10.2 Å². The van der Waals surface area contributed by atoms with Crippen LogP contribution in [-0.2, 0) is 13.1 Å². The van der Waals surface area contributed by atoms with Gasteiger partial charge in [0, 0.05) is 20.1 Å². The first-order valence-electron chi connectivity index (χ1n) is 7.05. The molecule has 0 aliphatic carbocycles. The maximum absolute atomic E-state index is 14.2. The van der Waals surface area contributed by atoms with Gasteiger partial charge in [0.15, 0.2) is 0 Å². The lowest BCUT2D eigenvalue weighted by atomic mass is 10.1. The Morgan fingerprint density at radius 3 is 2.29 bits per heavy atom. The van der Waals surface area contributed by atoms with Crippen molar-refractivity contribution >= 4 is 5.69 Å². The Morgan fingerprint density at radius 1 is 1.00 bits per heavy atom. The summed E-state index contributed by atoms with van der Waals surface area (Å²) in [6.07, 6.45) is 0. The van der Waals surface area contributed by atoms with Gasteiger partial charge in [-0.25, -0.2) is 8.78 Å². The van der Waals surface area contributed by atoms with Crippen LogP contribution < -0.4 is 10.2 Å². The van der Waals surface area contributed by atoms with E-state index in [2.05, 4.69) is 5.32 Å². The van der Waals surface area contributed by atoms with E-state index < -0.39 is 0 Å². The third kappa shape index (κ3) is 4.26. The van der Waals surface area contributed by atoms with Crippen LogP contribution in [-0.4, -0.2) is 13.6 Å². The SMILES string of the molecule is CCNCc1ccc(N(C)Cc2ccc(F)cc2)c(F)c1. The number of nitrogens with zero attached hydrogens (tertiary/aromatic N) is 1. The number of rotatable bonds is 6. The molecule has 0 fully saturated rings. The van der Waals surface area contributed by atoms with Gasteiger partial charge >= 0.3 is 0 Å². The van der Waals surface area contributed by atoms with Crippen LogP contribution in [0.3, 0.4) is 0 Å². The molecule has 0 amide bonds. The maximum atomic E-state index is 14.2. The molecule has 0 bridgehead atoms. The van der Waals surface area contributed by atoms with Gasteiger partial charge in [-0.15, -0.1) is 0 Å². The molecule has 0 saturated heterocycles. The number of benzene rings is 2. The fourth-order valence-corrected chi connectivity index (χ4v) is 2.19. The van der Waals surface area contributed by atoms with Crippen molar-refractivity contribution in [2.45, 2.75) is 20.0 Å². The lowest BCUT2D eigenvalue weighted by Gasteiger charge is -2.20. The molecule has 0 radical (unpaired) electrons. The van der Waals surface area contributed by atoms with Crippen LogP contribution in [0, 0.1) is 11.6 Å². The number of nitrogens with one attached hydrogen (secondary N) is 1. The van der Waals surface area contributed by atoms with E-state index in [1.54, 1.807) is 24.3 Å². The molecule has 2 rings (SSSR count). The zero-order chi connectivity index (χ0) is 15.2. The largest absolute Gasteiger partial charge is 0.368 e. The van der Waals surface area contributed by atoms with Gasteiger partial charge in [0.2, 0.25) is 0 Å². The van der Waals surface area contributed by atoms with E-state index in [1.807, 2.05) is 24.9 Å². The van der Waals surface area contributed by atoms with Gasteiger partial charge in [-0.05, 0) is 41.9 Å². The van der Waals surface area contributed by atoms with E-state index in [0.717, 1.165) is 17.7 Å². The molecule has 0 aromatic heterocycles. The first-order valence-corrected chi connectivity index (χ1v) is 7.05. The van der Waals surface area contributed by atoms with E-state index in [4.69, 9.17) is 0 Å². The van der Waals surface area contributed by atoms with Crippen LogP contribution in [0.15, 0.2) is 42.5 Å². The molecule has 0 atom stereocenters. The smallest absolute Gasteiger partial charge is 0.146 e. The van der Waals surface area contributed by atoms with Gasteiger partial charge in [0.1, 0.15) is 11.6 Å². The number of halogens is 2. The van der Waals surface area contributed by atoms with Crippen molar-refractivity contribution in [2.24, 2.45) is 0 Å². The van der Waals surface area contributed by atoms with Crippen molar-refractivity contribution < 1.29 is 8.78 Å². The Morgan fingerprint density at radius 2 is 1.67 bits per heavy atom. The molecule has 2 aromatic rings. The lowest BCUT2D eigenvalue weighted by Crippen LogP contribution is -2.18. The molecule has 0 aliphatic heterocycles. The molecule has 21 heavy (non-hydrogen) atoms. The number of anilines is 1. The standard InChI is InChI=1S/C17H20F2N2/c1-3-20-11-14-6-9-17(16(19)10-14)21(2)12-13-4-7-15(18)8-5-13/h4-10,20H,3,11-12H2,1-2H3. The van der Waals surface area contributed by atoms with E-state index >= 15 is 0 Å². The number of hydrogen-bond acceptors (Lipinski definition) is 2. The minimum absolute atomic E-state index is 0.241. The van der Waals surface area contributed by atoms with Crippen LogP contribution in [0.4, 0.5) is 14.5 Å². The zero-order valence-corrected chi connectivity index (χ0v) is 12.4. The Hall–Kier alpha value is -1.94. The molecular formula is C17H20F2N2. The van der Waals surface area contributed by atoms with Crippen molar-refractivity contribution in [3.05, 3.63) is 65.2 Å². The summed E-state index contributed by atoms with van der Waals surface area (Å²) in [5.41, 5.74) is 2.41. The summed E-state index contributed by atoms with van der Waals surface area (Å²) in [7, 11) is 1.83. The molecule has 0 heterocycles. The average Bonchev–Trinajstić information content (AvgIpc) is 2.47. The summed E-state index contributed by atoms with van der Waals surface area (Å²) in [4.78, 5) is 1.82. The van der Waals surface area contributed by atoms with Gasteiger partial charge in [0.05, 0.1) is 5.69 Å². The van der Waals surface area contributed by atoms with Crippen LogP contribution in [0.25, 0.3) is 0 Å². The zero-order valence-electron chi connectivity index (χ0n) is 12.4. The molecule has 0 saturated carbocycles. The second kappa shape index (κ2) is 7.18. The normalized spacial score (nSPS) is 10.7. The minimum Gasteiger partial charge on any atom is -0.368 e. The predicted octanol–water partition coefficient (Wildman–Crippen LogP) is 3.71. The van der Waals surface area contributed by atoms with Crippen LogP contribution in [0.2, 0.25) is 0 Å². The highest BCUT2D eigenvalue weighted by molar-refractivity contribution is 5.49. The molecule has 0 spiro atoms. The van der Waals surface area contributed by atoms with Gasteiger partial charge in [-0.2, -0.15) is 0 Å². The molecule has 2 nitrogen and oxygen atoms in total. The molecule has 4 heteroatoms. The number of hydrogen-bond donors (Lipinski definition) is 1. The lowest BCUT2D eigenvalue weighted by molar-refractivity contribution is 0.615. The Labute approximate surface area is 124 Å². The van der Waals surface area contributed by atoms with E-state index in [0.29, 0.717) is 18.8 Å². The van der Waals surface area contributed by atoms with E-state index in [1.165, 1.54) is 12.1 Å². The molecule has 1 N–H and O–H groups in total. The molecular weight excluding hydrogens is 270 g/mol. The summed E-state index contributed by atoms with van der Waals surface area (Å²) in [5.74, 6) is -0.504. The first-order chi connectivity index (χ1) is 10.1. The Bertz CT molecular complexity index is 582. The van der Waals surface area contributed by atoms with Crippen molar-refractivity contribution in [2.75, 3.05) is 18.5 Å². The predicted molar refractivity (Wildman–Crippen MR) is 82.3 cm³/mol. The molecule has 2 aromatic carbocycles. The van der Waals surface area contributed by atoms with E-state index in [9.17, 15) is 8.78 Å². The third-order valence-electron chi connectivity index (χ3n) is 3.34. The summed E-state index contributed by atoms with van der Waals surface area (Å²) < 4.78 is 27.0. The molecule has 112 valence electrons. The second-order valence-corrected chi connectivity index (χ2v) is 5.05. The highest BCUT2D eigenvalue weighted by atomic mass is 19.1. The quantitative estimate of drug-likeness (QED) is 0.872. The van der Waals surface area contributed by atoms with Crippen molar-refractivity contribution in [3.8, 4) is 0 Å². The van der Waals surface area contributed by atoms with Gasteiger partial charge in [-0.1, -0.05) is 25.1 Å². The Balaban J connectivity index is 2.08. The van der Waals surface area contributed by atoms with Crippen LogP contribution in [0.1, 0.15) is 18.1 Å². The van der Waals surface area contributed by atoms with Crippen LogP contribution >= 0.6 is 0 Å². The summed E-state index contributed by atoms with van der Waals surface area (Å²) in [6.45, 7) is 4.06. The van der Waals surface area contributed by atoms with Crippen molar-refractivity contribution in [1.29, 1.82) is 0 Å². The highest BCUT2D eigenvalue weighted by Crippen LogP contribution is 2.21.